The summed E-state index contributed by atoms with van der Waals surface area (Å²) in [5, 5.41) is 1.52. The Hall–Kier alpha value is -2.65. The van der Waals surface area contributed by atoms with Gasteiger partial charge in [0.15, 0.2) is 0 Å². The molecule has 0 atom stereocenters. The minimum absolute atomic E-state index is 0.389. The van der Waals surface area contributed by atoms with Crippen LogP contribution < -0.4 is 9.64 Å². The van der Waals surface area contributed by atoms with Crippen molar-refractivity contribution < 1.29 is 14.3 Å². The van der Waals surface area contributed by atoms with Gasteiger partial charge in [-0.3, -0.25) is 4.90 Å². The van der Waals surface area contributed by atoms with Crippen molar-refractivity contribution in [2.24, 2.45) is 0 Å². The van der Waals surface area contributed by atoms with Crippen molar-refractivity contribution in [3.05, 3.63) is 65.5 Å². The highest BCUT2D eigenvalue weighted by molar-refractivity contribution is 7.99. The van der Waals surface area contributed by atoms with Gasteiger partial charge >= 0.3 is 5.97 Å². The van der Waals surface area contributed by atoms with Crippen LogP contribution in [-0.4, -0.2) is 71.7 Å². The smallest absolute Gasteiger partial charge is 0.335 e. The summed E-state index contributed by atoms with van der Waals surface area (Å²) in [5.74, 6) is 2.71. The number of fused-ring (bicyclic) bond motifs is 2. The third-order valence-corrected chi connectivity index (χ3v) is 7.58. The molecule has 0 N–H and O–H groups in total. The Balaban J connectivity index is 1.17. The van der Waals surface area contributed by atoms with Gasteiger partial charge in [0.1, 0.15) is 17.9 Å². The Morgan fingerprint density at radius 2 is 2.03 bits per heavy atom. The summed E-state index contributed by atoms with van der Waals surface area (Å²) >= 11 is 8.07. The maximum atomic E-state index is 12.4. The minimum Gasteiger partial charge on any atom is -0.423 e. The van der Waals surface area contributed by atoms with Crippen molar-refractivity contribution >= 4 is 51.7 Å². The first kappa shape index (κ1) is 25.0. The quantitative estimate of drug-likeness (QED) is 0.169. The standard InChI is InChI=1S/C27H29ClN4O3S/c28-21-5-4-20-8-10-32(25(20)17-21)27-23-18-22(6-7-24(23)29-19-30-27)35-26(33)3-1-15-36-16-2-9-31-11-13-34-14-12-31/h1,3-7,17-19H,2,8-16H2. The molecule has 0 bridgehead atoms. The number of anilines is 2. The number of hydrogen-bond acceptors (Lipinski definition) is 8. The van der Waals surface area contributed by atoms with Crippen LogP contribution in [0.4, 0.5) is 11.5 Å². The molecule has 188 valence electrons. The fourth-order valence-corrected chi connectivity index (χ4v) is 5.43. The molecule has 3 heterocycles. The number of nitrogens with zero attached hydrogens (tertiary/aromatic N) is 4. The summed E-state index contributed by atoms with van der Waals surface area (Å²) < 4.78 is 11.0. The van der Waals surface area contributed by atoms with E-state index in [1.807, 2.05) is 42.1 Å². The number of carbonyl (C=O) groups is 1. The van der Waals surface area contributed by atoms with Crippen molar-refractivity contribution in [2.75, 3.05) is 55.8 Å². The predicted molar refractivity (Wildman–Crippen MR) is 146 cm³/mol. The van der Waals surface area contributed by atoms with E-state index in [1.165, 1.54) is 11.6 Å². The highest BCUT2D eigenvalue weighted by Gasteiger charge is 2.23. The Kier molecular flexibility index (Phi) is 8.38. The van der Waals surface area contributed by atoms with E-state index in [4.69, 9.17) is 21.1 Å². The molecular weight excluding hydrogens is 496 g/mol. The Morgan fingerprint density at radius 3 is 2.92 bits per heavy atom. The van der Waals surface area contributed by atoms with Crippen LogP contribution in [0.2, 0.25) is 5.02 Å². The number of morpholine rings is 1. The molecule has 36 heavy (non-hydrogen) atoms. The third kappa shape index (κ3) is 6.18. The van der Waals surface area contributed by atoms with E-state index in [0.717, 1.165) is 86.1 Å². The Labute approximate surface area is 220 Å². The summed E-state index contributed by atoms with van der Waals surface area (Å²) in [6.07, 6.45) is 6.98. The summed E-state index contributed by atoms with van der Waals surface area (Å²) in [5.41, 5.74) is 3.08. The number of rotatable bonds is 9. The van der Waals surface area contributed by atoms with Crippen molar-refractivity contribution in [1.82, 2.24) is 14.9 Å². The summed E-state index contributed by atoms with van der Waals surface area (Å²) in [6.45, 7) is 5.64. The third-order valence-electron chi connectivity index (χ3n) is 6.34. The molecule has 5 rings (SSSR count). The van der Waals surface area contributed by atoms with E-state index in [1.54, 1.807) is 12.4 Å². The van der Waals surface area contributed by atoms with Crippen LogP contribution >= 0.6 is 23.4 Å². The molecule has 1 fully saturated rings. The first-order valence-corrected chi connectivity index (χ1v) is 13.8. The van der Waals surface area contributed by atoms with Gasteiger partial charge in [-0.05, 0) is 61.0 Å². The van der Waals surface area contributed by atoms with Crippen molar-refractivity contribution in [3.63, 3.8) is 0 Å². The van der Waals surface area contributed by atoms with Crippen LogP contribution in [0.3, 0.4) is 0 Å². The molecule has 0 aliphatic carbocycles. The average molecular weight is 525 g/mol. The van der Waals surface area contributed by atoms with E-state index in [-0.39, 0.29) is 5.97 Å². The van der Waals surface area contributed by atoms with Gasteiger partial charge in [0.2, 0.25) is 0 Å². The molecule has 1 aromatic heterocycles. The number of hydrogen-bond donors (Lipinski definition) is 0. The largest absolute Gasteiger partial charge is 0.423 e. The lowest BCUT2D eigenvalue weighted by atomic mass is 10.1. The first-order valence-electron chi connectivity index (χ1n) is 12.2. The van der Waals surface area contributed by atoms with Crippen LogP contribution in [0.15, 0.2) is 54.9 Å². The lowest BCUT2D eigenvalue weighted by molar-refractivity contribution is -0.128. The monoisotopic (exact) mass is 524 g/mol. The second-order valence-electron chi connectivity index (χ2n) is 8.76. The molecule has 0 saturated carbocycles. The summed E-state index contributed by atoms with van der Waals surface area (Å²) in [4.78, 5) is 25.9. The maximum absolute atomic E-state index is 12.4. The van der Waals surface area contributed by atoms with Crippen LogP contribution in [0, 0.1) is 0 Å². The van der Waals surface area contributed by atoms with Crippen LogP contribution in [0.1, 0.15) is 12.0 Å². The van der Waals surface area contributed by atoms with Gasteiger partial charge in [0.25, 0.3) is 0 Å². The highest BCUT2D eigenvalue weighted by Crippen LogP contribution is 2.38. The van der Waals surface area contributed by atoms with Crippen molar-refractivity contribution in [1.29, 1.82) is 0 Å². The van der Waals surface area contributed by atoms with Crippen molar-refractivity contribution in [3.8, 4) is 5.75 Å². The molecule has 2 aromatic carbocycles. The highest BCUT2D eigenvalue weighted by atomic mass is 35.5. The zero-order valence-electron chi connectivity index (χ0n) is 20.1. The molecular formula is C27H29ClN4O3S. The molecule has 0 spiro atoms. The normalized spacial score (nSPS) is 16.1. The van der Waals surface area contributed by atoms with E-state index in [0.29, 0.717) is 10.8 Å². The SMILES string of the molecule is O=C(C=CCSCCCN1CCOCC1)Oc1ccc2ncnc(N3CCc4ccc(Cl)cc43)c2c1. The van der Waals surface area contributed by atoms with Gasteiger partial charge in [-0.25, -0.2) is 14.8 Å². The fourth-order valence-electron chi connectivity index (χ4n) is 4.53. The Bertz CT molecular complexity index is 1250. The van der Waals surface area contributed by atoms with Gasteiger partial charge in [0.05, 0.1) is 18.7 Å². The van der Waals surface area contributed by atoms with Crippen LogP contribution in [-0.2, 0) is 16.0 Å². The maximum Gasteiger partial charge on any atom is 0.335 e. The van der Waals surface area contributed by atoms with Gasteiger partial charge < -0.3 is 14.4 Å². The average Bonchev–Trinajstić information content (AvgIpc) is 3.31. The Morgan fingerprint density at radius 1 is 1.14 bits per heavy atom. The molecule has 7 nitrogen and oxygen atoms in total. The first-order chi connectivity index (χ1) is 17.7. The molecule has 0 unspecified atom stereocenters. The second kappa shape index (κ2) is 12.1. The van der Waals surface area contributed by atoms with Crippen LogP contribution in [0.25, 0.3) is 10.9 Å². The van der Waals surface area contributed by atoms with Crippen molar-refractivity contribution in [2.45, 2.75) is 12.8 Å². The number of esters is 1. The van der Waals surface area contributed by atoms with Gasteiger partial charge in [-0.2, -0.15) is 11.8 Å². The molecule has 1 saturated heterocycles. The topological polar surface area (TPSA) is 67.8 Å². The lowest BCUT2D eigenvalue weighted by Gasteiger charge is -2.26. The second-order valence-corrected chi connectivity index (χ2v) is 10.3. The van der Waals surface area contributed by atoms with Gasteiger partial charge in [-0.15, -0.1) is 0 Å². The summed E-state index contributed by atoms with van der Waals surface area (Å²) in [6, 6.07) is 11.4. The van der Waals surface area contributed by atoms with E-state index in [2.05, 4.69) is 25.8 Å². The number of benzene rings is 2. The number of thioether (sulfide) groups is 1. The lowest BCUT2D eigenvalue weighted by Crippen LogP contribution is -2.36. The van der Waals surface area contributed by atoms with E-state index < -0.39 is 0 Å². The fraction of sp³-hybridized carbons (Fsp3) is 0.370. The van der Waals surface area contributed by atoms with E-state index >= 15 is 0 Å². The summed E-state index contributed by atoms with van der Waals surface area (Å²) in [7, 11) is 0. The molecule has 2 aliphatic heterocycles. The molecule has 0 amide bonds. The minimum atomic E-state index is -0.389. The zero-order valence-corrected chi connectivity index (χ0v) is 21.6. The molecule has 3 aromatic rings. The number of halogens is 1. The zero-order chi connectivity index (χ0) is 24.7. The van der Waals surface area contributed by atoms with Gasteiger partial charge in [-0.1, -0.05) is 23.7 Å². The van der Waals surface area contributed by atoms with E-state index in [9.17, 15) is 4.79 Å². The molecule has 9 heteroatoms. The van der Waals surface area contributed by atoms with Crippen LogP contribution in [0.5, 0.6) is 5.75 Å². The number of aromatic nitrogens is 2. The predicted octanol–water partition coefficient (Wildman–Crippen LogP) is 4.89. The number of carbonyl (C=O) groups excluding carboxylic acids is 1. The molecule has 2 aliphatic rings. The molecule has 0 radical (unpaired) electrons. The van der Waals surface area contributed by atoms with Gasteiger partial charge in [0, 0.05) is 47.6 Å². The number of ether oxygens (including phenoxy) is 2.